The minimum Gasteiger partial charge on any atom is -0.337 e. The number of rotatable bonds is 2. The smallest absolute Gasteiger partial charge is 0.198 e. The van der Waals surface area contributed by atoms with E-state index in [0.29, 0.717) is 0 Å². The van der Waals surface area contributed by atoms with Crippen LogP contribution in [0.3, 0.4) is 0 Å². The topological polar surface area (TPSA) is 17.8 Å². The van der Waals surface area contributed by atoms with Crippen LogP contribution in [0.15, 0.2) is 24.3 Å². The van der Waals surface area contributed by atoms with E-state index in [1.54, 1.807) is 0 Å². The lowest BCUT2D eigenvalue weighted by Gasteiger charge is -2.02. The summed E-state index contributed by atoms with van der Waals surface area (Å²) in [6, 6.07) is 8.23. The van der Waals surface area contributed by atoms with Crippen molar-refractivity contribution in [2.45, 2.75) is 20.3 Å². The minimum absolute atomic E-state index is 0.972. The van der Waals surface area contributed by atoms with Crippen LogP contribution in [0.5, 0.6) is 0 Å². The largest absolute Gasteiger partial charge is 0.337 e. The lowest BCUT2D eigenvalue weighted by molar-refractivity contribution is 0.811. The second-order valence-electron chi connectivity index (χ2n) is 2.99. The van der Waals surface area contributed by atoms with E-state index in [2.05, 4.69) is 34.7 Å². The molecule has 0 unspecified atom stereocenters. The SMILES string of the molecule is C[B]c1nc2ccccc2n1CC. The summed E-state index contributed by atoms with van der Waals surface area (Å²) in [4.78, 5) is 4.51. The van der Waals surface area contributed by atoms with Gasteiger partial charge < -0.3 is 4.57 Å². The van der Waals surface area contributed by atoms with Crippen LogP contribution < -0.4 is 5.72 Å². The summed E-state index contributed by atoms with van der Waals surface area (Å²) >= 11 is 0. The summed E-state index contributed by atoms with van der Waals surface area (Å²) in [5.41, 5.74) is 3.36. The van der Waals surface area contributed by atoms with Gasteiger partial charge in [0.05, 0.1) is 16.8 Å². The van der Waals surface area contributed by atoms with Gasteiger partial charge in [-0.2, -0.15) is 0 Å². The summed E-state index contributed by atoms with van der Waals surface area (Å²) in [6.45, 7) is 5.13. The van der Waals surface area contributed by atoms with Crippen molar-refractivity contribution in [2.24, 2.45) is 0 Å². The van der Waals surface area contributed by atoms with E-state index in [1.807, 2.05) is 20.2 Å². The Morgan fingerprint density at radius 3 is 2.85 bits per heavy atom. The molecule has 2 rings (SSSR count). The molecule has 0 atom stereocenters. The molecule has 2 nitrogen and oxygen atoms in total. The fraction of sp³-hybridized carbons (Fsp3) is 0.300. The molecule has 0 spiro atoms. The number of fused-ring (bicyclic) bond motifs is 1. The Morgan fingerprint density at radius 2 is 2.15 bits per heavy atom. The molecule has 1 heterocycles. The molecular weight excluding hydrogens is 159 g/mol. The van der Waals surface area contributed by atoms with Gasteiger partial charge in [-0.1, -0.05) is 19.0 Å². The van der Waals surface area contributed by atoms with Crippen molar-refractivity contribution < 1.29 is 0 Å². The van der Waals surface area contributed by atoms with E-state index in [1.165, 1.54) is 5.52 Å². The fourth-order valence-electron chi connectivity index (χ4n) is 1.65. The molecule has 13 heavy (non-hydrogen) atoms. The first-order chi connectivity index (χ1) is 6.36. The molecule has 1 radical (unpaired) electrons. The van der Waals surface area contributed by atoms with Crippen molar-refractivity contribution >= 4 is 24.0 Å². The fourth-order valence-corrected chi connectivity index (χ4v) is 1.65. The maximum atomic E-state index is 4.51. The van der Waals surface area contributed by atoms with Crippen molar-refractivity contribution in [1.82, 2.24) is 9.55 Å². The minimum atomic E-state index is 0.972. The Labute approximate surface area is 78.8 Å². The van der Waals surface area contributed by atoms with E-state index in [0.717, 1.165) is 17.8 Å². The maximum Gasteiger partial charge on any atom is 0.198 e. The predicted octanol–water partition coefficient (Wildman–Crippen LogP) is 1.43. The zero-order valence-electron chi connectivity index (χ0n) is 7.99. The van der Waals surface area contributed by atoms with Crippen molar-refractivity contribution in [3.63, 3.8) is 0 Å². The number of hydrogen-bond donors (Lipinski definition) is 0. The van der Waals surface area contributed by atoms with Crippen LogP contribution in [0.2, 0.25) is 6.82 Å². The van der Waals surface area contributed by atoms with Gasteiger partial charge in [-0.25, -0.2) is 4.98 Å². The molecule has 0 saturated heterocycles. The second kappa shape index (κ2) is 3.25. The number of para-hydroxylation sites is 2. The third-order valence-corrected chi connectivity index (χ3v) is 2.26. The van der Waals surface area contributed by atoms with Gasteiger partial charge in [0.1, 0.15) is 0 Å². The Hall–Kier alpha value is -1.25. The van der Waals surface area contributed by atoms with Gasteiger partial charge in [0.15, 0.2) is 7.28 Å². The number of aromatic nitrogens is 2. The average Bonchev–Trinajstić information content (AvgIpc) is 2.55. The first kappa shape index (κ1) is 8.36. The van der Waals surface area contributed by atoms with E-state index in [-0.39, 0.29) is 0 Å². The van der Waals surface area contributed by atoms with E-state index < -0.39 is 0 Å². The number of aryl methyl sites for hydroxylation is 1. The molecule has 0 saturated carbocycles. The van der Waals surface area contributed by atoms with Crippen LogP contribution in [0.25, 0.3) is 11.0 Å². The molecule has 1 aromatic heterocycles. The zero-order chi connectivity index (χ0) is 9.26. The lowest BCUT2D eigenvalue weighted by Crippen LogP contribution is -2.23. The van der Waals surface area contributed by atoms with Crippen molar-refractivity contribution in [3.8, 4) is 0 Å². The van der Waals surface area contributed by atoms with E-state index >= 15 is 0 Å². The normalized spacial score (nSPS) is 10.6. The number of nitrogens with zero attached hydrogens (tertiary/aromatic N) is 2. The number of imidazole rings is 1. The van der Waals surface area contributed by atoms with E-state index in [9.17, 15) is 0 Å². The molecule has 0 aliphatic rings. The molecule has 65 valence electrons. The van der Waals surface area contributed by atoms with Crippen LogP contribution in [0, 0.1) is 0 Å². The number of benzene rings is 1. The zero-order valence-corrected chi connectivity index (χ0v) is 7.99. The monoisotopic (exact) mass is 171 g/mol. The summed E-state index contributed by atoms with van der Waals surface area (Å²) in [6.07, 6.45) is 0. The second-order valence-corrected chi connectivity index (χ2v) is 2.99. The third-order valence-electron chi connectivity index (χ3n) is 2.26. The highest BCUT2D eigenvalue weighted by atomic mass is 15.1. The van der Waals surface area contributed by atoms with Crippen LogP contribution in [0.4, 0.5) is 0 Å². The quantitative estimate of drug-likeness (QED) is 0.625. The molecule has 0 N–H and O–H groups in total. The molecule has 2 aromatic rings. The van der Waals surface area contributed by atoms with E-state index in [4.69, 9.17) is 0 Å². The molecule has 0 amide bonds. The first-order valence-corrected chi connectivity index (χ1v) is 4.61. The van der Waals surface area contributed by atoms with Gasteiger partial charge in [-0.3, -0.25) is 0 Å². The molecule has 0 bridgehead atoms. The lowest BCUT2D eigenvalue weighted by atomic mass is 9.81. The third kappa shape index (κ3) is 1.24. The van der Waals surface area contributed by atoms with Gasteiger partial charge in [-0.05, 0) is 19.1 Å². The molecule has 0 aliphatic carbocycles. The molecule has 0 fully saturated rings. The van der Waals surface area contributed by atoms with Crippen molar-refractivity contribution in [3.05, 3.63) is 24.3 Å². The number of hydrogen-bond acceptors (Lipinski definition) is 1. The standard InChI is InChI=1S/C10H12BN2/c1-3-13-9-7-5-4-6-8(9)12-10(13)11-2/h4-7H,3H2,1-2H3. The first-order valence-electron chi connectivity index (χ1n) is 4.61. The summed E-state index contributed by atoms with van der Waals surface area (Å²) in [5.74, 6) is 0. The average molecular weight is 171 g/mol. The Bertz CT molecular complexity index is 420. The molecule has 0 aliphatic heterocycles. The van der Waals surface area contributed by atoms with Gasteiger partial charge in [0, 0.05) is 6.54 Å². The summed E-state index contributed by atoms with van der Waals surface area (Å²) < 4.78 is 2.22. The van der Waals surface area contributed by atoms with Crippen molar-refractivity contribution in [1.29, 1.82) is 0 Å². The van der Waals surface area contributed by atoms with Crippen LogP contribution in [0.1, 0.15) is 6.92 Å². The van der Waals surface area contributed by atoms with Crippen LogP contribution in [-0.4, -0.2) is 16.8 Å². The Morgan fingerprint density at radius 1 is 1.38 bits per heavy atom. The maximum absolute atomic E-state index is 4.51. The highest BCUT2D eigenvalue weighted by Crippen LogP contribution is 2.09. The van der Waals surface area contributed by atoms with Gasteiger partial charge >= 0.3 is 0 Å². The van der Waals surface area contributed by atoms with Gasteiger partial charge in [0.25, 0.3) is 0 Å². The van der Waals surface area contributed by atoms with Crippen molar-refractivity contribution in [2.75, 3.05) is 0 Å². The predicted molar refractivity (Wildman–Crippen MR) is 56.7 cm³/mol. The Balaban J connectivity index is 2.73. The Kier molecular flexibility index (Phi) is 2.09. The highest BCUT2D eigenvalue weighted by Gasteiger charge is 2.05. The molecule has 3 heteroatoms. The van der Waals surface area contributed by atoms with Crippen LogP contribution >= 0.6 is 0 Å². The molecular formula is C10H12BN2. The highest BCUT2D eigenvalue weighted by molar-refractivity contribution is 6.50. The summed E-state index contributed by atoms with van der Waals surface area (Å²) in [7, 11) is 2.05. The summed E-state index contributed by atoms with van der Waals surface area (Å²) in [5, 5.41) is 0. The van der Waals surface area contributed by atoms with Crippen LogP contribution in [-0.2, 0) is 6.54 Å². The van der Waals surface area contributed by atoms with Gasteiger partial charge in [-0.15, -0.1) is 0 Å². The van der Waals surface area contributed by atoms with Gasteiger partial charge in [0.2, 0.25) is 0 Å². The molecule has 1 aromatic carbocycles.